The number of ether oxygens (including phenoxy) is 2. The standard InChI is InChI=1S/C35H33BrN2O2/c1-3-39-33-20-25(19-31(36)35(33)40-22-24-8-5-4-6-9-24)21-37-27-15-13-26(14-16-27)34-29-11-7-10-28(29)30-18-23(2)12-17-32(30)38-34/h4-10,12-21,28-29,34,38H,3,11,22H2,1-2H3/t28-,29+,34+/m1/s1. The van der Waals surface area contributed by atoms with Crippen molar-refractivity contribution in [3.05, 3.63) is 129 Å². The largest absolute Gasteiger partial charge is 0.490 e. The van der Waals surface area contributed by atoms with Crippen LogP contribution in [0.25, 0.3) is 0 Å². The summed E-state index contributed by atoms with van der Waals surface area (Å²) in [4.78, 5) is 4.77. The van der Waals surface area contributed by atoms with E-state index in [1.54, 1.807) is 0 Å². The second-order valence-corrected chi connectivity index (χ2v) is 11.3. The van der Waals surface area contributed by atoms with Crippen LogP contribution in [0.2, 0.25) is 0 Å². The molecule has 1 aliphatic heterocycles. The number of hydrogen-bond acceptors (Lipinski definition) is 4. The number of nitrogens with one attached hydrogen (secondary N) is 1. The molecule has 3 atom stereocenters. The predicted octanol–water partition coefficient (Wildman–Crippen LogP) is 9.31. The molecule has 0 saturated carbocycles. The third-order valence-electron chi connectivity index (χ3n) is 7.69. The summed E-state index contributed by atoms with van der Waals surface area (Å²) < 4.78 is 12.9. The lowest BCUT2D eigenvalue weighted by molar-refractivity contribution is 0.267. The van der Waals surface area contributed by atoms with Crippen molar-refractivity contribution in [3.63, 3.8) is 0 Å². The smallest absolute Gasteiger partial charge is 0.175 e. The molecule has 4 aromatic carbocycles. The van der Waals surface area contributed by atoms with E-state index < -0.39 is 0 Å². The number of benzene rings is 4. The molecule has 1 aliphatic carbocycles. The van der Waals surface area contributed by atoms with E-state index in [-0.39, 0.29) is 6.04 Å². The van der Waals surface area contributed by atoms with Crippen molar-refractivity contribution < 1.29 is 9.47 Å². The maximum absolute atomic E-state index is 6.13. The van der Waals surface area contributed by atoms with Crippen LogP contribution in [0.4, 0.5) is 11.4 Å². The summed E-state index contributed by atoms with van der Waals surface area (Å²) in [5.74, 6) is 2.39. The fourth-order valence-electron chi connectivity index (χ4n) is 5.76. The monoisotopic (exact) mass is 592 g/mol. The topological polar surface area (TPSA) is 42.8 Å². The highest BCUT2D eigenvalue weighted by molar-refractivity contribution is 9.10. The molecule has 40 heavy (non-hydrogen) atoms. The SMILES string of the molecule is CCOc1cc(C=Nc2ccc([C@@H]3Nc4ccc(C)cc4[C@@H]4C=CC[C@@H]43)cc2)cc(Br)c1OCc1ccccc1. The lowest BCUT2D eigenvalue weighted by Crippen LogP contribution is -2.29. The second kappa shape index (κ2) is 11.7. The van der Waals surface area contributed by atoms with Gasteiger partial charge in [-0.3, -0.25) is 4.99 Å². The highest BCUT2D eigenvalue weighted by Crippen LogP contribution is 2.50. The Morgan fingerprint density at radius 1 is 0.975 bits per heavy atom. The van der Waals surface area contributed by atoms with E-state index >= 15 is 0 Å². The summed E-state index contributed by atoms with van der Waals surface area (Å²) in [6, 6.07) is 29.8. The van der Waals surface area contributed by atoms with Crippen LogP contribution in [-0.2, 0) is 6.61 Å². The summed E-state index contributed by atoms with van der Waals surface area (Å²) >= 11 is 3.68. The summed E-state index contributed by atoms with van der Waals surface area (Å²) in [5.41, 5.74) is 8.23. The first kappa shape index (κ1) is 26.4. The molecule has 6 rings (SSSR count). The number of nitrogens with zero attached hydrogens (tertiary/aromatic N) is 1. The van der Waals surface area contributed by atoms with Crippen LogP contribution in [0.15, 0.2) is 107 Å². The van der Waals surface area contributed by atoms with Gasteiger partial charge in [-0.2, -0.15) is 0 Å². The number of aliphatic imine (C=N–C) groups is 1. The summed E-state index contributed by atoms with van der Waals surface area (Å²) in [6.07, 6.45) is 7.70. The van der Waals surface area contributed by atoms with Crippen molar-refractivity contribution in [2.24, 2.45) is 10.9 Å². The van der Waals surface area contributed by atoms with Gasteiger partial charge in [0.15, 0.2) is 11.5 Å². The van der Waals surface area contributed by atoms with Crippen LogP contribution < -0.4 is 14.8 Å². The molecule has 0 saturated heterocycles. The van der Waals surface area contributed by atoms with E-state index in [0.717, 1.165) is 27.7 Å². The molecule has 4 aromatic rings. The quantitative estimate of drug-likeness (QED) is 0.164. The van der Waals surface area contributed by atoms with Crippen LogP contribution >= 0.6 is 15.9 Å². The maximum Gasteiger partial charge on any atom is 0.175 e. The minimum Gasteiger partial charge on any atom is -0.490 e. The Morgan fingerprint density at radius 3 is 2.60 bits per heavy atom. The highest BCUT2D eigenvalue weighted by Gasteiger charge is 2.37. The number of allylic oxidation sites excluding steroid dienone is 2. The van der Waals surface area contributed by atoms with E-state index in [2.05, 4.69) is 82.8 Å². The zero-order valence-corrected chi connectivity index (χ0v) is 24.4. The molecule has 0 amide bonds. The van der Waals surface area contributed by atoms with Gasteiger partial charge in [0.2, 0.25) is 0 Å². The Morgan fingerprint density at radius 2 is 1.80 bits per heavy atom. The molecule has 0 bridgehead atoms. The number of halogens is 1. The van der Waals surface area contributed by atoms with Crippen LogP contribution in [0, 0.1) is 12.8 Å². The molecule has 202 valence electrons. The van der Waals surface area contributed by atoms with Gasteiger partial charge >= 0.3 is 0 Å². The lowest BCUT2D eigenvalue weighted by atomic mass is 9.76. The number of anilines is 1. The summed E-state index contributed by atoms with van der Waals surface area (Å²) in [6.45, 7) is 5.16. The average Bonchev–Trinajstić information content (AvgIpc) is 3.47. The minimum absolute atomic E-state index is 0.279. The van der Waals surface area contributed by atoms with Gasteiger partial charge in [0.05, 0.1) is 22.8 Å². The average molecular weight is 594 g/mol. The van der Waals surface area contributed by atoms with Crippen LogP contribution in [0.3, 0.4) is 0 Å². The normalized spacial score (nSPS) is 19.2. The van der Waals surface area contributed by atoms with Crippen LogP contribution in [-0.4, -0.2) is 12.8 Å². The van der Waals surface area contributed by atoms with Gasteiger partial charge < -0.3 is 14.8 Å². The molecule has 4 nitrogen and oxygen atoms in total. The third kappa shape index (κ3) is 5.57. The summed E-state index contributed by atoms with van der Waals surface area (Å²) in [7, 11) is 0. The maximum atomic E-state index is 6.13. The Kier molecular flexibility index (Phi) is 7.74. The number of fused-ring (bicyclic) bond motifs is 3. The molecule has 0 radical (unpaired) electrons. The van der Waals surface area contributed by atoms with Gasteiger partial charge in [-0.1, -0.05) is 72.3 Å². The molecule has 0 unspecified atom stereocenters. The Balaban J connectivity index is 1.18. The molecular weight excluding hydrogens is 560 g/mol. The first-order valence-corrected chi connectivity index (χ1v) is 14.7. The second-order valence-electron chi connectivity index (χ2n) is 10.5. The van der Waals surface area contributed by atoms with Crippen molar-refractivity contribution in [2.45, 2.75) is 38.8 Å². The van der Waals surface area contributed by atoms with Crippen LogP contribution in [0.1, 0.15) is 53.1 Å². The highest BCUT2D eigenvalue weighted by atomic mass is 79.9. The van der Waals surface area contributed by atoms with Crippen LogP contribution in [0.5, 0.6) is 11.5 Å². The zero-order chi connectivity index (χ0) is 27.5. The molecule has 2 aliphatic rings. The molecular formula is C35H33BrN2O2. The summed E-state index contributed by atoms with van der Waals surface area (Å²) in [5, 5.41) is 3.83. The fourth-order valence-corrected chi connectivity index (χ4v) is 6.33. The van der Waals surface area contributed by atoms with Crippen molar-refractivity contribution in [3.8, 4) is 11.5 Å². The molecule has 0 aromatic heterocycles. The molecule has 0 fully saturated rings. The minimum atomic E-state index is 0.279. The predicted molar refractivity (Wildman–Crippen MR) is 167 cm³/mol. The Hall–Kier alpha value is -3.83. The molecule has 1 heterocycles. The van der Waals surface area contributed by atoms with E-state index in [1.165, 1.54) is 22.4 Å². The van der Waals surface area contributed by atoms with Gasteiger partial charge in [-0.15, -0.1) is 0 Å². The van der Waals surface area contributed by atoms with Crippen molar-refractivity contribution in [1.82, 2.24) is 0 Å². The number of hydrogen-bond donors (Lipinski definition) is 1. The molecule has 0 spiro atoms. The Bertz CT molecular complexity index is 1550. The van der Waals surface area contributed by atoms with Gasteiger partial charge in [0, 0.05) is 17.8 Å². The van der Waals surface area contributed by atoms with E-state index in [9.17, 15) is 0 Å². The lowest BCUT2D eigenvalue weighted by Gasteiger charge is -2.37. The van der Waals surface area contributed by atoms with Crippen molar-refractivity contribution in [1.29, 1.82) is 0 Å². The van der Waals surface area contributed by atoms with Crippen molar-refractivity contribution >= 4 is 33.5 Å². The van der Waals surface area contributed by atoms with E-state index in [1.807, 2.05) is 55.6 Å². The first-order chi connectivity index (χ1) is 19.6. The van der Waals surface area contributed by atoms with E-state index in [4.69, 9.17) is 14.5 Å². The molecule has 5 heteroatoms. The first-order valence-electron chi connectivity index (χ1n) is 13.9. The van der Waals surface area contributed by atoms with Gasteiger partial charge in [0.25, 0.3) is 0 Å². The van der Waals surface area contributed by atoms with E-state index in [0.29, 0.717) is 36.5 Å². The zero-order valence-electron chi connectivity index (χ0n) is 22.8. The molecule has 1 N–H and O–H groups in total. The fraction of sp³-hybridized carbons (Fsp3) is 0.229. The number of rotatable bonds is 8. The number of aryl methyl sites for hydroxylation is 1. The van der Waals surface area contributed by atoms with Crippen molar-refractivity contribution in [2.75, 3.05) is 11.9 Å². The van der Waals surface area contributed by atoms with Gasteiger partial charge in [0.1, 0.15) is 6.61 Å². The Labute approximate surface area is 244 Å². The van der Waals surface area contributed by atoms with Gasteiger partial charge in [-0.05, 0) is 94.7 Å². The van der Waals surface area contributed by atoms with Gasteiger partial charge in [-0.25, -0.2) is 0 Å². The third-order valence-corrected chi connectivity index (χ3v) is 8.28.